The minimum absolute atomic E-state index is 0.0857. The van der Waals surface area contributed by atoms with Gasteiger partial charge in [0.15, 0.2) is 11.5 Å². The zero-order valence-electron chi connectivity index (χ0n) is 19.8. The van der Waals surface area contributed by atoms with Crippen molar-refractivity contribution >= 4 is 5.91 Å². The molecule has 1 amide bonds. The summed E-state index contributed by atoms with van der Waals surface area (Å²) in [7, 11) is 3.34. The predicted octanol–water partition coefficient (Wildman–Crippen LogP) is 3.50. The molecular weight excluding hydrogens is 432 g/mol. The van der Waals surface area contributed by atoms with Crippen molar-refractivity contribution in [3.8, 4) is 17.2 Å². The van der Waals surface area contributed by atoms with E-state index in [1.54, 1.807) is 23.6 Å². The molecule has 178 valence electrons. The molecular formula is C27H30N2O5. The largest absolute Gasteiger partial charge is 0.493 e. The van der Waals surface area contributed by atoms with Crippen LogP contribution in [0.3, 0.4) is 0 Å². The van der Waals surface area contributed by atoms with Crippen LogP contribution in [-0.4, -0.2) is 41.7 Å². The van der Waals surface area contributed by atoms with Crippen LogP contribution in [-0.2, 0) is 24.9 Å². The molecule has 0 unspecified atom stereocenters. The van der Waals surface area contributed by atoms with E-state index in [1.165, 1.54) is 6.07 Å². The summed E-state index contributed by atoms with van der Waals surface area (Å²) in [5.74, 6) is 1.97. The van der Waals surface area contributed by atoms with Gasteiger partial charge in [0.05, 0.1) is 20.2 Å². The Bertz CT molecular complexity index is 1200. The van der Waals surface area contributed by atoms with Crippen LogP contribution >= 0.6 is 0 Å². The molecule has 0 spiro atoms. The first kappa shape index (κ1) is 23.4. The molecule has 0 radical (unpaired) electrons. The van der Waals surface area contributed by atoms with Gasteiger partial charge in [-0.1, -0.05) is 36.4 Å². The second-order valence-electron chi connectivity index (χ2n) is 8.53. The molecule has 1 aliphatic heterocycles. The first-order valence-corrected chi connectivity index (χ1v) is 11.4. The highest BCUT2D eigenvalue weighted by Gasteiger charge is 2.32. The Kier molecular flexibility index (Phi) is 7.21. The minimum Gasteiger partial charge on any atom is -0.493 e. The molecule has 2 aromatic carbocycles. The van der Waals surface area contributed by atoms with E-state index in [-0.39, 0.29) is 17.6 Å². The second-order valence-corrected chi connectivity index (χ2v) is 8.53. The number of aromatic nitrogens is 1. The normalized spacial score (nSPS) is 13.3. The lowest BCUT2D eigenvalue weighted by Crippen LogP contribution is -2.56. The van der Waals surface area contributed by atoms with Crippen molar-refractivity contribution in [1.29, 1.82) is 0 Å². The molecule has 4 rings (SSSR count). The Morgan fingerprint density at radius 3 is 2.47 bits per heavy atom. The number of carbonyl (C=O) groups is 1. The van der Waals surface area contributed by atoms with Crippen molar-refractivity contribution < 1.29 is 19.0 Å². The van der Waals surface area contributed by atoms with Crippen molar-refractivity contribution in [2.45, 2.75) is 32.5 Å². The average molecular weight is 463 g/mol. The van der Waals surface area contributed by atoms with Crippen molar-refractivity contribution in [1.82, 2.24) is 9.47 Å². The van der Waals surface area contributed by atoms with Gasteiger partial charge in [-0.2, -0.15) is 0 Å². The fraction of sp³-hybridized carbons (Fsp3) is 0.333. The van der Waals surface area contributed by atoms with Gasteiger partial charge in [0.1, 0.15) is 18.5 Å². The summed E-state index contributed by atoms with van der Waals surface area (Å²) in [5, 5.41) is 0. The molecule has 34 heavy (non-hydrogen) atoms. The molecule has 7 heteroatoms. The van der Waals surface area contributed by atoms with Gasteiger partial charge in [0.2, 0.25) is 5.91 Å². The Hall–Kier alpha value is -3.74. The Morgan fingerprint density at radius 2 is 1.76 bits per heavy atom. The first-order chi connectivity index (χ1) is 16.4. The molecule has 7 nitrogen and oxygen atoms in total. The number of amides is 1. The highest BCUT2D eigenvalue weighted by molar-refractivity contribution is 5.77. The van der Waals surface area contributed by atoms with E-state index in [0.29, 0.717) is 49.8 Å². The van der Waals surface area contributed by atoms with Gasteiger partial charge in [-0.05, 0) is 42.7 Å². The van der Waals surface area contributed by atoms with Crippen molar-refractivity contribution in [3.63, 3.8) is 0 Å². The third-order valence-corrected chi connectivity index (χ3v) is 6.07. The number of likely N-dealkylation sites (tertiary alicyclic amines) is 1. The van der Waals surface area contributed by atoms with Crippen molar-refractivity contribution in [2.24, 2.45) is 7.05 Å². The van der Waals surface area contributed by atoms with Crippen LogP contribution in [0.25, 0.3) is 0 Å². The van der Waals surface area contributed by atoms with Gasteiger partial charge in [-0.3, -0.25) is 9.59 Å². The zero-order valence-corrected chi connectivity index (χ0v) is 19.8. The molecule has 0 saturated carbocycles. The highest BCUT2D eigenvalue weighted by Crippen LogP contribution is 2.29. The summed E-state index contributed by atoms with van der Waals surface area (Å²) < 4.78 is 18.8. The van der Waals surface area contributed by atoms with Crippen molar-refractivity contribution in [2.75, 3.05) is 20.2 Å². The Balaban J connectivity index is 1.27. The van der Waals surface area contributed by atoms with Crippen LogP contribution in [0.15, 0.2) is 65.5 Å². The number of rotatable bonds is 9. The third kappa shape index (κ3) is 5.60. The monoisotopic (exact) mass is 462 g/mol. The molecule has 2 heterocycles. The van der Waals surface area contributed by atoms with E-state index in [9.17, 15) is 9.59 Å². The average Bonchev–Trinajstić information content (AvgIpc) is 2.82. The number of hydrogen-bond acceptors (Lipinski definition) is 5. The van der Waals surface area contributed by atoms with Crippen LogP contribution < -0.4 is 19.8 Å². The molecule has 0 bridgehead atoms. The molecule has 1 aromatic heterocycles. The van der Waals surface area contributed by atoms with E-state index in [2.05, 4.69) is 0 Å². The fourth-order valence-corrected chi connectivity index (χ4v) is 3.85. The lowest BCUT2D eigenvalue weighted by atomic mass is 10.1. The van der Waals surface area contributed by atoms with Crippen LogP contribution in [0.5, 0.6) is 17.2 Å². The summed E-state index contributed by atoms with van der Waals surface area (Å²) in [5.41, 5.74) is 2.82. The predicted molar refractivity (Wildman–Crippen MR) is 130 cm³/mol. The summed E-state index contributed by atoms with van der Waals surface area (Å²) >= 11 is 0. The van der Waals surface area contributed by atoms with Gasteiger partial charge >= 0.3 is 0 Å². The maximum Gasteiger partial charge on any atom is 0.254 e. The number of benzene rings is 2. The fourth-order valence-electron chi connectivity index (χ4n) is 3.85. The van der Waals surface area contributed by atoms with Crippen LogP contribution in [0.4, 0.5) is 0 Å². The number of pyridine rings is 1. The van der Waals surface area contributed by atoms with E-state index >= 15 is 0 Å². The SMILES string of the molecule is COc1ccc(CCC(=O)N2CC(Oc3cc(C)n(C)c(=O)c3)C2)cc1OCc1ccccc1. The van der Waals surface area contributed by atoms with Gasteiger partial charge in [-0.25, -0.2) is 0 Å². The van der Waals surface area contributed by atoms with Gasteiger partial charge < -0.3 is 23.7 Å². The summed E-state index contributed by atoms with van der Waals surface area (Å²) in [6.45, 7) is 3.37. The first-order valence-electron chi connectivity index (χ1n) is 11.4. The molecule has 3 aromatic rings. The molecule has 1 aliphatic rings. The van der Waals surface area contributed by atoms with E-state index < -0.39 is 0 Å². The summed E-state index contributed by atoms with van der Waals surface area (Å²) in [4.78, 5) is 26.3. The zero-order chi connectivity index (χ0) is 24.1. The third-order valence-electron chi connectivity index (χ3n) is 6.07. The topological polar surface area (TPSA) is 70.0 Å². The summed E-state index contributed by atoms with van der Waals surface area (Å²) in [6, 6.07) is 19.0. The second kappa shape index (κ2) is 10.5. The number of hydrogen-bond donors (Lipinski definition) is 0. The minimum atomic E-state index is -0.103. The van der Waals surface area contributed by atoms with Crippen LogP contribution in [0, 0.1) is 6.92 Å². The van der Waals surface area contributed by atoms with Crippen LogP contribution in [0.1, 0.15) is 23.2 Å². The molecule has 0 atom stereocenters. The Labute approximate surface area is 199 Å². The molecule has 0 aliphatic carbocycles. The van der Waals surface area contributed by atoms with E-state index in [1.807, 2.05) is 61.5 Å². The number of aryl methyl sites for hydroxylation is 2. The smallest absolute Gasteiger partial charge is 0.254 e. The molecule has 1 saturated heterocycles. The van der Waals surface area contributed by atoms with Crippen LogP contribution in [0.2, 0.25) is 0 Å². The van der Waals surface area contributed by atoms with E-state index in [0.717, 1.165) is 16.8 Å². The lowest BCUT2D eigenvalue weighted by Gasteiger charge is -2.39. The molecule has 1 fully saturated rings. The Morgan fingerprint density at radius 1 is 1.00 bits per heavy atom. The number of methoxy groups -OCH3 is 1. The maximum atomic E-state index is 12.6. The number of carbonyl (C=O) groups excluding carboxylic acids is 1. The molecule has 0 N–H and O–H groups in total. The lowest BCUT2D eigenvalue weighted by molar-refractivity contribution is -0.139. The van der Waals surface area contributed by atoms with Crippen molar-refractivity contribution in [3.05, 3.63) is 87.8 Å². The van der Waals surface area contributed by atoms with Gasteiger partial charge in [0.25, 0.3) is 5.56 Å². The number of nitrogens with zero attached hydrogens (tertiary/aromatic N) is 2. The standard InChI is InChI=1S/C27H30N2O5/c1-19-13-22(15-27(31)28(19)2)34-23-16-29(17-23)26(30)12-10-20-9-11-24(32-3)25(14-20)33-18-21-7-5-4-6-8-21/h4-9,11,13-15,23H,10,12,16-18H2,1-3H3. The number of ether oxygens (including phenoxy) is 3. The summed E-state index contributed by atoms with van der Waals surface area (Å²) in [6.07, 6.45) is 0.928. The van der Waals surface area contributed by atoms with E-state index in [4.69, 9.17) is 14.2 Å². The maximum absolute atomic E-state index is 12.6. The van der Waals surface area contributed by atoms with Gasteiger partial charge in [0, 0.05) is 25.2 Å². The quantitative estimate of drug-likeness (QED) is 0.487. The van der Waals surface area contributed by atoms with Gasteiger partial charge in [-0.15, -0.1) is 0 Å². The highest BCUT2D eigenvalue weighted by atomic mass is 16.5.